The Labute approximate surface area is 213 Å². The highest BCUT2D eigenvalue weighted by Crippen LogP contribution is 2.30. The number of ether oxygens (including phenoxy) is 3. The van der Waals surface area contributed by atoms with Gasteiger partial charge in [0.1, 0.15) is 5.75 Å². The summed E-state index contributed by atoms with van der Waals surface area (Å²) >= 11 is 11.9. The van der Waals surface area contributed by atoms with Crippen LogP contribution >= 0.6 is 23.2 Å². The van der Waals surface area contributed by atoms with E-state index in [0.29, 0.717) is 34.3 Å². The summed E-state index contributed by atoms with van der Waals surface area (Å²) in [6.45, 7) is 2.73. The van der Waals surface area contributed by atoms with E-state index in [1.165, 1.54) is 25.5 Å². The lowest BCUT2D eigenvalue weighted by molar-refractivity contribution is 0.0729. The van der Waals surface area contributed by atoms with Gasteiger partial charge in [0.25, 0.3) is 5.91 Å². The predicted molar refractivity (Wildman–Crippen MR) is 136 cm³/mol. The number of carbonyl (C=O) groups excluding carboxylic acids is 2. The molecule has 0 saturated carbocycles. The first kappa shape index (κ1) is 26.1. The van der Waals surface area contributed by atoms with Crippen molar-refractivity contribution in [3.8, 4) is 17.2 Å². The number of rotatable bonds is 10. The van der Waals surface area contributed by atoms with Crippen LogP contribution in [0.5, 0.6) is 17.2 Å². The summed E-state index contributed by atoms with van der Waals surface area (Å²) in [6, 6.07) is 16.2. The number of hydrazone groups is 1. The Bertz CT molecular complexity index is 1210. The van der Waals surface area contributed by atoms with Crippen LogP contribution in [0, 0.1) is 0 Å². The molecule has 35 heavy (non-hydrogen) atoms. The number of carbonyl (C=O) groups is 2. The van der Waals surface area contributed by atoms with Crippen LogP contribution in [0.25, 0.3) is 0 Å². The van der Waals surface area contributed by atoms with Crippen LogP contribution in [0.4, 0.5) is 0 Å². The second-order valence-corrected chi connectivity index (χ2v) is 8.19. The zero-order valence-corrected chi connectivity index (χ0v) is 20.7. The van der Waals surface area contributed by atoms with Gasteiger partial charge in [-0.2, -0.15) is 5.10 Å². The van der Waals surface area contributed by atoms with Gasteiger partial charge in [0.15, 0.2) is 11.5 Å². The summed E-state index contributed by atoms with van der Waals surface area (Å²) in [5, 5.41) is 4.58. The van der Waals surface area contributed by atoms with Crippen molar-refractivity contribution in [3.05, 3.63) is 87.4 Å². The minimum atomic E-state index is -0.652. The Hall–Kier alpha value is -3.55. The Balaban J connectivity index is 1.61. The predicted octanol–water partition coefficient (Wildman–Crippen LogP) is 6.16. The molecule has 0 aliphatic heterocycles. The molecule has 0 saturated heterocycles. The lowest BCUT2D eigenvalue weighted by Gasteiger charge is -2.10. The zero-order chi connectivity index (χ0) is 25.2. The molecule has 7 nitrogen and oxygen atoms in total. The van der Waals surface area contributed by atoms with Crippen LogP contribution in [0.3, 0.4) is 0 Å². The van der Waals surface area contributed by atoms with E-state index in [2.05, 4.69) is 17.5 Å². The minimum absolute atomic E-state index is 0.173. The molecule has 9 heteroatoms. The van der Waals surface area contributed by atoms with Gasteiger partial charge in [0, 0.05) is 10.6 Å². The molecule has 0 aliphatic rings. The third-order valence-corrected chi connectivity index (χ3v) is 5.35. The number of nitrogens with zero attached hydrogens (tertiary/aromatic N) is 1. The summed E-state index contributed by atoms with van der Waals surface area (Å²) in [4.78, 5) is 24.8. The number of methoxy groups -OCH3 is 1. The maximum absolute atomic E-state index is 12.5. The molecule has 0 atom stereocenters. The summed E-state index contributed by atoms with van der Waals surface area (Å²) in [7, 11) is 1.44. The molecule has 0 aliphatic carbocycles. The van der Waals surface area contributed by atoms with Gasteiger partial charge in [0.05, 0.1) is 30.5 Å². The highest BCUT2D eigenvalue weighted by atomic mass is 35.5. The first-order valence-electron chi connectivity index (χ1n) is 10.8. The van der Waals surface area contributed by atoms with Gasteiger partial charge in [-0.15, -0.1) is 0 Å². The lowest BCUT2D eigenvalue weighted by Crippen LogP contribution is -2.17. The highest BCUT2D eigenvalue weighted by Gasteiger charge is 2.16. The third-order valence-electron chi connectivity index (χ3n) is 4.80. The maximum atomic E-state index is 12.5. The third kappa shape index (κ3) is 7.47. The molecular weight excluding hydrogens is 491 g/mol. The molecule has 1 N–H and O–H groups in total. The molecule has 0 unspecified atom stereocenters. The summed E-state index contributed by atoms with van der Waals surface area (Å²) in [6.07, 6.45) is 3.47. The molecule has 3 aromatic carbocycles. The van der Waals surface area contributed by atoms with Gasteiger partial charge in [-0.25, -0.2) is 10.2 Å². The Morgan fingerprint density at radius 2 is 1.77 bits per heavy atom. The minimum Gasteiger partial charge on any atom is -0.494 e. The number of benzene rings is 3. The number of hydrogen-bond acceptors (Lipinski definition) is 6. The summed E-state index contributed by atoms with van der Waals surface area (Å²) < 4.78 is 16.3. The molecule has 0 bridgehead atoms. The van der Waals surface area contributed by atoms with Crippen LogP contribution < -0.4 is 19.6 Å². The van der Waals surface area contributed by atoms with Crippen molar-refractivity contribution in [2.24, 2.45) is 5.10 Å². The molecule has 0 spiro atoms. The van der Waals surface area contributed by atoms with Crippen molar-refractivity contribution in [1.82, 2.24) is 5.43 Å². The van der Waals surface area contributed by atoms with Crippen molar-refractivity contribution >= 4 is 41.3 Å². The first-order valence-corrected chi connectivity index (χ1v) is 11.6. The van der Waals surface area contributed by atoms with Crippen LogP contribution in [0.1, 0.15) is 46.0 Å². The number of hydrogen-bond donors (Lipinski definition) is 1. The van der Waals surface area contributed by atoms with E-state index in [9.17, 15) is 9.59 Å². The van der Waals surface area contributed by atoms with E-state index in [-0.39, 0.29) is 22.2 Å². The number of esters is 1. The smallest absolute Gasteiger partial charge is 0.345 e. The fourth-order valence-corrected chi connectivity index (χ4v) is 3.41. The van der Waals surface area contributed by atoms with Gasteiger partial charge in [-0.1, -0.05) is 36.5 Å². The van der Waals surface area contributed by atoms with Gasteiger partial charge in [0.2, 0.25) is 0 Å². The molecule has 3 aromatic rings. The van der Waals surface area contributed by atoms with Crippen molar-refractivity contribution in [2.45, 2.75) is 19.8 Å². The average Bonchev–Trinajstić information content (AvgIpc) is 2.85. The molecule has 0 radical (unpaired) electrons. The SMILES string of the molecule is CCCCOc1ccc(C(=O)N/N=C/c2ccc(OC(=O)c3ccc(Cl)cc3Cl)c(OC)c2)cc1. The molecule has 1 amide bonds. The monoisotopic (exact) mass is 514 g/mol. The maximum Gasteiger partial charge on any atom is 0.345 e. The van der Waals surface area contributed by atoms with E-state index in [0.717, 1.165) is 12.8 Å². The quantitative estimate of drug-likeness (QED) is 0.115. The molecule has 0 aromatic heterocycles. The van der Waals surface area contributed by atoms with Crippen molar-refractivity contribution in [2.75, 3.05) is 13.7 Å². The van der Waals surface area contributed by atoms with Crippen LogP contribution in [0.15, 0.2) is 65.8 Å². The summed E-state index contributed by atoms with van der Waals surface area (Å²) in [5.74, 6) is 0.201. The number of nitrogens with one attached hydrogen (secondary N) is 1. The summed E-state index contributed by atoms with van der Waals surface area (Å²) in [5.41, 5.74) is 3.71. The van der Waals surface area contributed by atoms with Gasteiger partial charge < -0.3 is 14.2 Å². The van der Waals surface area contributed by atoms with Gasteiger partial charge >= 0.3 is 5.97 Å². The topological polar surface area (TPSA) is 86.2 Å². The highest BCUT2D eigenvalue weighted by molar-refractivity contribution is 6.36. The van der Waals surface area contributed by atoms with Crippen molar-refractivity contribution in [1.29, 1.82) is 0 Å². The van der Waals surface area contributed by atoms with E-state index in [1.54, 1.807) is 48.5 Å². The standard InChI is InChI=1S/C26H24Cl2N2O5/c1-3-4-13-34-20-9-6-18(7-10-20)25(31)30-29-16-17-5-12-23(24(14-17)33-2)35-26(32)21-11-8-19(27)15-22(21)28/h5-12,14-16H,3-4,13H2,1-2H3,(H,30,31)/b29-16+. The zero-order valence-electron chi connectivity index (χ0n) is 19.2. The molecule has 0 heterocycles. The van der Waals surface area contributed by atoms with E-state index in [1.807, 2.05) is 0 Å². The fourth-order valence-electron chi connectivity index (χ4n) is 2.93. The van der Waals surface area contributed by atoms with E-state index >= 15 is 0 Å². The fraction of sp³-hybridized carbons (Fsp3) is 0.192. The lowest BCUT2D eigenvalue weighted by atomic mass is 10.2. The first-order chi connectivity index (χ1) is 16.9. The Morgan fingerprint density at radius 3 is 2.46 bits per heavy atom. The van der Waals surface area contributed by atoms with Crippen molar-refractivity contribution in [3.63, 3.8) is 0 Å². The Kier molecular flexibility index (Phi) is 9.52. The number of halogens is 2. The second kappa shape index (κ2) is 12.8. The average molecular weight is 515 g/mol. The second-order valence-electron chi connectivity index (χ2n) is 7.35. The van der Waals surface area contributed by atoms with Crippen LogP contribution in [-0.4, -0.2) is 31.8 Å². The largest absolute Gasteiger partial charge is 0.494 e. The number of amides is 1. The normalized spacial score (nSPS) is 10.7. The van der Waals surface area contributed by atoms with Crippen molar-refractivity contribution < 1.29 is 23.8 Å². The van der Waals surface area contributed by atoms with Gasteiger partial charge in [-0.05, 0) is 72.6 Å². The van der Waals surface area contributed by atoms with E-state index in [4.69, 9.17) is 37.4 Å². The molecule has 3 rings (SSSR count). The van der Waals surface area contributed by atoms with Gasteiger partial charge in [-0.3, -0.25) is 4.79 Å². The molecular formula is C26H24Cl2N2O5. The van der Waals surface area contributed by atoms with Crippen LogP contribution in [0.2, 0.25) is 10.0 Å². The Morgan fingerprint density at radius 1 is 1.00 bits per heavy atom. The van der Waals surface area contributed by atoms with E-state index < -0.39 is 5.97 Å². The molecule has 182 valence electrons. The van der Waals surface area contributed by atoms with Crippen LogP contribution in [-0.2, 0) is 0 Å². The number of unbranched alkanes of at least 4 members (excludes halogenated alkanes) is 1. The molecule has 0 fully saturated rings.